The fraction of sp³-hybridized carbons (Fsp3) is 0.462. The van der Waals surface area contributed by atoms with Crippen molar-refractivity contribution < 1.29 is 14.3 Å². The van der Waals surface area contributed by atoms with E-state index in [1.807, 2.05) is 4.90 Å². The summed E-state index contributed by atoms with van der Waals surface area (Å²) < 4.78 is 13.8. The lowest BCUT2D eigenvalue weighted by Gasteiger charge is -2.32. The highest BCUT2D eigenvalue weighted by Gasteiger charge is 2.24. The molecule has 0 unspecified atom stereocenters. The molecule has 1 aliphatic rings. The molecule has 1 heterocycles. The van der Waals surface area contributed by atoms with E-state index in [1.165, 1.54) is 6.07 Å². The first-order chi connectivity index (χ1) is 8.61. The number of nitrogens with zero attached hydrogens (tertiary/aromatic N) is 1. The van der Waals surface area contributed by atoms with Crippen LogP contribution in [0.2, 0.25) is 0 Å². The van der Waals surface area contributed by atoms with Crippen LogP contribution in [-0.2, 0) is 11.4 Å². The Balaban J connectivity index is 2.07. The summed E-state index contributed by atoms with van der Waals surface area (Å²) in [7, 11) is 0. The average Bonchev–Trinajstić information content (AvgIpc) is 2.38. The van der Waals surface area contributed by atoms with E-state index in [0.29, 0.717) is 37.2 Å². The number of piperidine rings is 1. The highest BCUT2D eigenvalue weighted by atomic mass is 19.1. The summed E-state index contributed by atoms with van der Waals surface area (Å²) in [5, 5.41) is 8.93. The summed E-state index contributed by atoms with van der Waals surface area (Å²) >= 11 is 0. The van der Waals surface area contributed by atoms with E-state index in [4.69, 9.17) is 10.8 Å². The number of amides is 1. The molecule has 0 spiro atoms. The lowest BCUT2D eigenvalue weighted by molar-refractivity contribution is -0.122. The maximum atomic E-state index is 13.8. The van der Waals surface area contributed by atoms with Crippen molar-refractivity contribution >= 4 is 11.6 Å². The zero-order chi connectivity index (χ0) is 13.1. The molecule has 5 heteroatoms. The monoisotopic (exact) mass is 252 g/mol. The molecule has 0 radical (unpaired) electrons. The molecule has 1 aromatic rings. The third-order valence-corrected chi connectivity index (χ3v) is 3.43. The van der Waals surface area contributed by atoms with Crippen LogP contribution in [0.15, 0.2) is 18.2 Å². The van der Waals surface area contributed by atoms with Gasteiger partial charge in [0.05, 0.1) is 12.3 Å². The van der Waals surface area contributed by atoms with E-state index in [0.717, 1.165) is 0 Å². The zero-order valence-corrected chi connectivity index (χ0v) is 10.1. The Hall–Kier alpha value is -1.62. The number of halogens is 1. The summed E-state index contributed by atoms with van der Waals surface area (Å²) in [6.45, 7) is 1.09. The van der Waals surface area contributed by atoms with E-state index >= 15 is 0 Å². The number of aliphatic hydroxyl groups is 1. The average molecular weight is 252 g/mol. The number of rotatable bonds is 3. The molecule has 1 aliphatic heterocycles. The predicted octanol–water partition coefficient (Wildman–Crippen LogP) is 1.02. The quantitative estimate of drug-likeness (QED) is 0.844. The van der Waals surface area contributed by atoms with Crippen molar-refractivity contribution in [1.29, 1.82) is 0 Å². The summed E-state index contributed by atoms with van der Waals surface area (Å²) in [5.41, 5.74) is 6.34. The van der Waals surface area contributed by atoms with Crippen LogP contribution in [0, 0.1) is 11.7 Å². The third-order valence-electron chi connectivity index (χ3n) is 3.43. The summed E-state index contributed by atoms with van der Waals surface area (Å²) in [4.78, 5) is 13.0. The fourth-order valence-electron chi connectivity index (χ4n) is 2.31. The molecular formula is C13H17FN2O2. The Labute approximate surface area is 105 Å². The molecule has 0 saturated carbocycles. The minimum atomic E-state index is -0.334. The number of nitrogens with two attached hydrogens (primary N) is 1. The van der Waals surface area contributed by atoms with Gasteiger partial charge in [-0.25, -0.2) is 4.39 Å². The Kier molecular flexibility index (Phi) is 3.81. The Morgan fingerprint density at radius 2 is 2.11 bits per heavy atom. The second-order valence-electron chi connectivity index (χ2n) is 4.61. The molecule has 1 aromatic carbocycles. The Bertz CT molecular complexity index is 443. The van der Waals surface area contributed by atoms with Crippen LogP contribution in [0.4, 0.5) is 10.1 Å². The van der Waals surface area contributed by atoms with Gasteiger partial charge in [-0.3, -0.25) is 4.79 Å². The molecule has 1 saturated heterocycles. The lowest BCUT2D eigenvalue weighted by atomic mass is 9.96. The molecule has 0 aliphatic carbocycles. The molecule has 2 rings (SSSR count). The van der Waals surface area contributed by atoms with E-state index in [-0.39, 0.29) is 24.2 Å². The van der Waals surface area contributed by atoms with E-state index < -0.39 is 0 Å². The topological polar surface area (TPSA) is 66.6 Å². The SMILES string of the molecule is NC(=O)C1CCN(c2ccc(CO)cc2F)CC1. The van der Waals surface area contributed by atoms with E-state index in [1.54, 1.807) is 12.1 Å². The number of carbonyl (C=O) groups is 1. The fourth-order valence-corrected chi connectivity index (χ4v) is 2.31. The predicted molar refractivity (Wildman–Crippen MR) is 66.5 cm³/mol. The first-order valence-corrected chi connectivity index (χ1v) is 6.05. The number of anilines is 1. The van der Waals surface area contributed by atoms with Gasteiger partial charge in [0.25, 0.3) is 0 Å². The van der Waals surface area contributed by atoms with Gasteiger partial charge < -0.3 is 15.7 Å². The van der Waals surface area contributed by atoms with Gasteiger partial charge >= 0.3 is 0 Å². The molecule has 1 fully saturated rings. The minimum Gasteiger partial charge on any atom is -0.392 e. The molecule has 1 amide bonds. The Morgan fingerprint density at radius 1 is 1.44 bits per heavy atom. The maximum Gasteiger partial charge on any atom is 0.220 e. The maximum absolute atomic E-state index is 13.8. The van der Waals surface area contributed by atoms with Crippen molar-refractivity contribution in [2.24, 2.45) is 11.7 Å². The van der Waals surface area contributed by atoms with Gasteiger partial charge in [0, 0.05) is 19.0 Å². The number of benzene rings is 1. The Morgan fingerprint density at radius 3 is 2.61 bits per heavy atom. The largest absolute Gasteiger partial charge is 0.392 e. The van der Waals surface area contributed by atoms with Gasteiger partial charge in [0.1, 0.15) is 5.82 Å². The van der Waals surface area contributed by atoms with Crippen LogP contribution in [0.3, 0.4) is 0 Å². The number of carbonyl (C=O) groups excluding carboxylic acids is 1. The van der Waals surface area contributed by atoms with Gasteiger partial charge in [0.2, 0.25) is 5.91 Å². The molecular weight excluding hydrogens is 235 g/mol. The first kappa shape index (κ1) is 12.8. The van der Waals surface area contributed by atoms with Gasteiger partial charge in [0.15, 0.2) is 0 Å². The van der Waals surface area contributed by atoms with Gasteiger partial charge in [-0.05, 0) is 30.5 Å². The second-order valence-corrected chi connectivity index (χ2v) is 4.61. The standard InChI is InChI=1S/C13H17FN2O2/c14-11-7-9(8-17)1-2-12(11)16-5-3-10(4-6-16)13(15)18/h1-2,7,10,17H,3-6,8H2,(H2,15,18). The molecule has 0 bridgehead atoms. The van der Waals surface area contributed by atoms with Crippen LogP contribution in [0.25, 0.3) is 0 Å². The van der Waals surface area contributed by atoms with Crippen molar-refractivity contribution in [3.05, 3.63) is 29.6 Å². The molecule has 18 heavy (non-hydrogen) atoms. The number of aliphatic hydroxyl groups excluding tert-OH is 1. The summed E-state index contributed by atoms with van der Waals surface area (Å²) in [6.07, 6.45) is 1.33. The van der Waals surface area contributed by atoms with Crippen LogP contribution in [0.5, 0.6) is 0 Å². The van der Waals surface area contributed by atoms with Gasteiger partial charge in [-0.15, -0.1) is 0 Å². The first-order valence-electron chi connectivity index (χ1n) is 6.05. The number of hydrogen-bond donors (Lipinski definition) is 2. The van der Waals surface area contributed by atoms with Crippen LogP contribution in [-0.4, -0.2) is 24.1 Å². The van der Waals surface area contributed by atoms with Crippen molar-refractivity contribution in [3.8, 4) is 0 Å². The van der Waals surface area contributed by atoms with Crippen LogP contribution < -0.4 is 10.6 Å². The second kappa shape index (κ2) is 5.35. The minimum absolute atomic E-state index is 0.0963. The van der Waals surface area contributed by atoms with Crippen molar-refractivity contribution in [2.45, 2.75) is 19.4 Å². The molecule has 0 atom stereocenters. The smallest absolute Gasteiger partial charge is 0.220 e. The van der Waals surface area contributed by atoms with Crippen molar-refractivity contribution in [1.82, 2.24) is 0 Å². The third kappa shape index (κ3) is 2.61. The molecule has 98 valence electrons. The van der Waals surface area contributed by atoms with E-state index in [9.17, 15) is 9.18 Å². The van der Waals surface area contributed by atoms with Crippen LogP contribution in [0.1, 0.15) is 18.4 Å². The van der Waals surface area contributed by atoms with Gasteiger partial charge in [-0.2, -0.15) is 0 Å². The normalized spacial score (nSPS) is 16.9. The van der Waals surface area contributed by atoms with E-state index in [2.05, 4.69) is 0 Å². The van der Waals surface area contributed by atoms with Crippen LogP contribution >= 0.6 is 0 Å². The summed E-state index contributed by atoms with van der Waals surface area (Å²) in [6, 6.07) is 4.72. The summed E-state index contributed by atoms with van der Waals surface area (Å²) in [5.74, 6) is -0.703. The van der Waals surface area contributed by atoms with Crippen molar-refractivity contribution in [2.75, 3.05) is 18.0 Å². The highest BCUT2D eigenvalue weighted by molar-refractivity contribution is 5.77. The van der Waals surface area contributed by atoms with Gasteiger partial charge in [-0.1, -0.05) is 6.07 Å². The van der Waals surface area contributed by atoms with Crippen molar-refractivity contribution in [3.63, 3.8) is 0 Å². The zero-order valence-electron chi connectivity index (χ0n) is 10.1. The number of hydrogen-bond acceptors (Lipinski definition) is 3. The number of primary amides is 1. The highest BCUT2D eigenvalue weighted by Crippen LogP contribution is 2.26. The molecule has 0 aromatic heterocycles. The molecule has 3 N–H and O–H groups in total. The lowest BCUT2D eigenvalue weighted by Crippen LogP contribution is -2.38. The molecule has 4 nitrogen and oxygen atoms in total.